The maximum Gasteiger partial charge on any atom is 0.187 e. The number of rotatable bonds is 2. The van der Waals surface area contributed by atoms with Gasteiger partial charge in [-0.25, -0.2) is 4.98 Å². The Labute approximate surface area is 95.6 Å². The van der Waals surface area contributed by atoms with E-state index in [4.69, 9.17) is 16.7 Å². The molecular weight excluding hydrogens is 240 g/mol. The van der Waals surface area contributed by atoms with Crippen LogP contribution < -0.4 is 4.90 Å². The highest BCUT2D eigenvalue weighted by atomic mass is 35.5. The molecule has 1 fully saturated rings. The molecule has 1 saturated heterocycles. The number of aromatic nitrogens is 1. The van der Waals surface area contributed by atoms with Crippen LogP contribution in [0.2, 0.25) is 5.15 Å². The summed E-state index contributed by atoms with van der Waals surface area (Å²) in [5.74, 6) is 0. The lowest BCUT2D eigenvalue weighted by Gasteiger charge is -2.12. The summed E-state index contributed by atoms with van der Waals surface area (Å²) >= 11 is 7.06. The lowest BCUT2D eigenvalue weighted by Crippen LogP contribution is -2.22. The van der Waals surface area contributed by atoms with Gasteiger partial charge in [-0.2, -0.15) is 0 Å². The molecule has 2 heterocycles. The molecule has 5 nitrogen and oxygen atoms in total. The Bertz CT molecular complexity index is 350. The molecule has 0 aromatic carbocycles. The van der Waals surface area contributed by atoms with Gasteiger partial charge in [0.25, 0.3) is 0 Å². The first-order valence-electron chi connectivity index (χ1n) is 4.49. The van der Waals surface area contributed by atoms with Gasteiger partial charge in [0.15, 0.2) is 5.13 Å². The van der Waals surface area contributed by atoms with Gasteiger partial charge in [0.1, 0.15) is 5.15 Å². The number of hydrogen-bond acceptors (Lipinski definition) is 6. The molecule has 15 heavy (non-hydrogen) atoms. The average Bonchev–Trinajstić information content (AvgIpc) is 2.71. The van der Waals surface area contributed by atoms with Crippen molar-refractivity contribution < 1.29 is 15.3 Å². The average molecular weight is 251 g/mol. The summed E-state index contributed by atoms with van der Waals surface area (Å²) in [6.07, 6.45) is -1.49. The molecule has 3 N–H and O–H groups in total. The monoisotopic (exact) mass is 250 g/mol. The first-order valence-corrected chi connectivity index (χ1v) is 5.68. The number of halogens is 1. The van der Waals surface area contributed by atoms with E-state index in [1.807, 2.05) is 0 Å². The van der Waals surface area contributed by atoms with Crippen molar-refractivity contribution >= 4 is 28.1 Å². The number of aliphatic hydroxyl groups is 3. The highest BCUT2D eigenvalue weighted by molar-refractivity contribution is 7.16. The molecule has 0 radical (unpaired) electrons. The van der Waals surface area contributed by atoms with Gasteiger partial charge in [0.05, 0.1) is 23.7 Å². The fraction of sp³-hybridized carbons (Fsp3) is 0.625. The lowest BCUT2D eigenvalue weighted by molar-refractivity contribution is 0.0572. The molecule has 0 spiro atoms. The van der Waals surface area contributed by atoms with Crippen LogP contribution in [-0.4, -0.2) is 45.6 Å². The molecule has 1 aromatic rings. The zero-order chi connectivity index (χ0) is 11.0. The minimum Gasteiger partial charge on any atom is -0.391 e. The predicted octanol–water partition coefficient (Wildman–Crippen LogP) is -0.169. The Kier molecular flexibility index (Phi) is 3.13. The van der Waals surface area contributed by atoms with E-state index in [0.717, 1.165) is 0 Å². The van der Waals surface area contributed by atoms with Crippen molar-refractivity contribution in [3.05, 3.63) is 10.0 Å². The van der Waals surface area contributed by atoms with E-state index < -0.39 is 12.2 Å². The SMILES string of the molecule is OCc1sc(N2CC(O)C(O)C2)nc1Cl. The second kappa shape index (κ2) is 4.23. The molecule has 1 aromatic heterocycles. The zero-order valence-corrected chi connectivity index (χ0v) is 9.37. The summed E-state index contributed by atoms with van der Waals surface area (Å²) in [6, 6.07) is 0. The Morgan fingerprint density at radius 1 is 1.40 bits per heavy atom. The van der Waals surface area contributed by atoms with Crippen molar-refractivity contribution in [1.82, 2.24) is 4.98 Å². The standard InChI is InChI=1S/C8H11ClN2O3S/c9-7-6(3-12)15-8(10-7)11-1-4(13)5(14)2-11/h4-5,12-14H,1-3H2. The van der Waals surface area contributed by atoms with Crippen molar-refractivity contribution in [1.29, 1.82) is 0 Å². The summed E-state index contributed by atoms with van der Waals surface area (Å²) in [7, 11) is 0. The van der Waals surface area contributed by atoms with E-state index in [2.05, 4.69) is 4.98 Å². The fourth-order valence-corrected chi connectivity index (χ4v) is 2.62. The highest BCUT2D eigenvalue weighted by Crippen LogP contribution is 2.31. The largest absolute Gasteiger partial charge is 0.391 e. The molecule has 0 aliphatic carbocycles. The van der Waals surface area contributed by atoms with Crippen LogP contribution in [0.4, 0.5) is 5.13 Å². The Morgan fingerprint density at radius 3 is 2.47 bits per heavy atom. The van der Waals surface area contributed by atoms with Crippen LogP contribution in [0.3, 0.4) is 0 Å². The second-order valence-corrected chi connectivity index (χ2v) is 4.83. The third kappa shape index (κ3) is 2.09. The van der Waals surface area contributed by atoms with E-state index >= 15 is 0 Å². The number of anilines is 1. The van der Waals surface area contributed by atoms with Crippen LogP contribution in [0.1, 0.15) is 4.88 Å². The summed E-state index contributed by atoms with van der Waals surface area (Å²) < 4.78 is 0. The van der Waals surface area contributed by atoms with Crippen molar-refractivity contribution in [3.8, 4) is 0 Å². The Balaban J connectivity index is 2.17. The van der Waals surface area contributed by atoms with Crippen molar-refractivity contribution in [2.75, 3.05) is 18.0 Å². The summed E-state index contributed by atoms with van der Waals surface area (Å²) in [4.78, 5) is 6.41. The smallest absolute Gasteiger partial charge is 0.187 e. The molecule has 2 atom stereocenters. The molecule has 0 amide bonds. The van der Waals surface area contributed by atoms with Gasteiger partial charge in [0.2, 0.25) is 0 Å². The number of aliphatic hydroxyl groups excluding tert-OH is 3. The molecule has 0 bridgehead atoms. The molecule has 1 aliphatic heterocycles. The summed E-state index contributed by atoms with van der Waals surface area (Å²) in [5, 5.41) is 28.6. The lowest BCUT2D eigenvalue weighted by atomic mass is 10.3. The Morgan fingerprint density at radius 2 is 2.00 bits per heavy atom. The van der Waals surface area contributed by atoms with Gasteiger partial charge < -0.3 is 20.2 Å². The number of hydrogen-bond donors (Lipinski definition) is 3. The first-order chi connectivity index (χ1) is 7.11. The van der Waals surface area contributed by atoms with Crippen LogP contribution >= 0.6 is 22.9 Å². The van der Waals surface area contributed by atoms with E-state index in [1.165, 1.54) is 11.3 Å². The van der Waals surface area contributed by atoms with E-state index in [0.29, 0.717) is 23.1 Å². The number of nitrogens with zero attached hydrogens (tertiary/aromatic N) is 2. The molecule has 2 rings (SSSR count). The van der Waals surface area contributed by atoms with Gasteiger partial charge in [-0.15, -0.1) is 0 Å². The van der Waals surface area contributed by atoms with Gasteiger partial charge in [-0.05, 0) is 0 Å². The molecule has 0 saturated carbocycles. The summed E-state index contributed by atoms with van der Waals surface area (Å²) in [6.45, 7) is 0.543. The number of β-amino-alcohol motifs (C(OH)–C–C–N with tert-alkyl or cyclic N) is 2. The maximum atomic E-state index is 9.37. The minimum absolute atomic E-state index is 0.143. The fourth-order valence-electron chi connectivity index (χ4n) is 1.48. The van der Waals surface area contributed by atoms with E-state index in [-0.39, 0.29) is 11.8 Å². The van der Waals surface area contributed by atoms with Crippen molar-refractivity contribution in [2.24, 2.45) is 0 Å². The molecule has 1 aliphatic rings. The third-order valence-corrected chi connectivity index (χ3v) is 3.84. The molecular formula is C8H11ClN2O3S. The topological polar surface area (TPSA) is 76.8 Å². The van der Waals surface area contributed by atoms with E-state index in [9.17, 15) is 10.2 Å². The van der Waals surface area contributed by atoms with Crippen LogP contribution in [0.25, 0.3) is 0 Å². The number of thiazole rings is 1. The first kappa shape index (κ1) is 11.1. The molecule has 84 valence electrons. The van der Waals surface area contributed by atoms with Gasteiger partial charge in [-0.3, -0.25) is 0 Å². The minimum atomic E-state index is -0.745. The zero-order valence-electron chi connectivity index (χ0n) is 7.80. The normalized spacial score (nSPS) is 26.3. The van der Waals surface area contributed by atoms with Crippen LogP contribution in [0.15, 0.2) is 0 Å². The summed E-state index contributed by atoms with van der Waals surface area (Å²) in [5.41, 5.74) is 0. The van der Waals surface area contributed by atoms with Gasteiger partial charge >= 0.3 is 0 Å². The quantitative estimate of drug-likeness (QED) is 0.680. The molecule has 7 heteroatoms. The van der Waals surface area contributed by atoms with Crippen LogP contribution in [0, 0.1) is 0 Å². The van der Waals surface area contributed by atoms with Crippen LogP contribution in [-0.2, 0) is 6.61 Å². The van der Waals surface area contributed by atoms with Crippen molar-refractivity contribution in [2.45, 2.75) is 18.8 Å². The van der Waals surface area contributed by atoms with Gasteiger partial charge in [0, 0.05) is 13.1 Å². The highest BCUT2D eigenvalue weighted by Gasteiger charge is 2.31. The van der Waals surface area contributed by atoms with Crippen molar-refractivity contribution in [3.63, 3.8) is 0 Å². The predicted molar refractivity (Wildman–Crippen MR) is 57.3 cm³/mol. The molecule has 2 unspecified atom stereocenters. The third-order valence-electron chi connectivity index (χ3n) is 2.31. The van der Waals surface area contributed by atoms with E-state index in [1.54, 1.807) is 4.90 Å². The second-order valence-electron chi connectivity index (χ2n) is 3.41. The maximum absolute atomic E-state index is 9.37. The Hall–Kier alpha value is -0.400. The van der Waals surface area contributed by atoms with Gasteiger partial charge in [-0.1, -0.05) is 22.9 Å². The van der Waals surface area contributed by atoms with Crippen LogP contribution in [0.5, 0.6) is 0 Å².